The van der Waals surface area contributed by atoms with Gasteiger partial charge in [-0.15, -0.1) is 0 Å². The minimum atomic E-state index is -0.515. The number of hydrogen-bond acceptors (Lipinski definition) is 5. The summed E-state index contributed by atoms with van der Waals surface area (Å²) in [6.07, 6.45) is 0. The fourth-order valence-electron chi connectivity index (χ4n) is 2.42. The van der Waals surface area contributed by atoms with Crippen molar-refractivity contribution in [3.63, 3.8) is 0 Å². The van der Waals surface area contributed by atoms with Gasteiger partial charge in [-0.05, 0) is 36.6 Å². The molecular formula is C19H23N3O4. The van der Waals surface area contributed by atoms with Crippen molar-refractivity contribution in [1.29, 1.82) is 0 Å². The van der Waals surface area contributed by atoms with E-state index in [-0.39, 0.29) is 17.3 Å². The lowest BCUT2D eigenvalue weighted by Crippen LogP contribution is -2.32. The van der Waals surface area contributed by atoms with E-state index in [1.54, 1.807) is 6.92 Å². The Balaban J connectivity index is 2.05. The number of nitrogens with one attached hydrogen (secondary N) is 2. The van der Waals surface area contributed by atoms with Crippen molar-refractivity contribution >= 4 is 23.0 Å². The summed E-state index contributed by atoms with van der Waals surface area (Å²) in [5, 5.41) is 16.7. The molecule has 7 nitrogen and oxygen atoms in total. The number of carbonyl (C=O) groups excluding carboxylic acids is 1. The number of benzene rings is 2. The van der Waals surface area contributed by atoms with E-state index in [2.05, 4.69) is 24.5 Å². The highest BCUT2D eigenvalue weighted by Gasteiger charge is 2.17. The largest absolute Gasteiger partial charge is 0.494 e. The fourth-order valence-corrected chi connectivity index (χ4v) is 2.42. The predicted molar refractivity (Wildman–Crippen MR) is 102 cm³/mol. The molecule has 0 unspecified atom stereocenters. The third kappa shape index (κ3) is 4.72. The molecule has 0 bridgehead atoms. The number of non-ortho nitro benzene ring substituents is 1. The molecule has 0 aliphatic heterocycles. The number of methoxy groups -OCH3 is 1. The molecule has 138 valence electrons. The molecule has 0 aromatic heterocycles. The fraction of sp³-hybridized carbons (Fsp3) is 0.316. The van der Waals surface area contributed by atoms with Gasteiger partial charge in [-0.3, -0.25) is 14.9 Å². The molecule has 26 heavy (non-hydrogen) atoms. The molecule has 0 aliphatic rings. The van der Waals surface area contributed by atoms with Gasteiger partial charge in [0.05, 0.1) is 23.8 Å². The number of carbonyl (C=O) groups is 1. The SMILES string of the molecule is COc1cc([N+](=O)[O-])ccc1NC(=O)[C@@H](C)Nc1ccc(C(C)C)cc1. The average molecular weight is 357 g/mol. The van der Waals surface area contributed by atoms with Crippen LogP contribution < -0.4 is 15.4 Å². The highest BCUT2D eigenvalue weighted by molar-refractivity contribution is 5.97. The van der Waals surface area contributed by atoms with Gasteiger partial charge in [0, 0.05) is 11.8 Å². The van der Waals surface area contributed by atoms with Crippen LogP contribution in [0, 0.1) is 10.1 Å². The summed E-state index contributed by atoms with van der Waals surface area (Å²) in [6.45, 7) is 5.98. The Morgan fingerprint density at radius 2 is 1.77 bits per heavy atom. The molecule has 1 amide bonds. The molecule has 0 radical (unpaired) electrons. The van der Waals surface area contributed by atoms with Crippen LogP contribution in [0.2, 0.25) is 0 Å². The Morgan fingerprint density at radius 1 is 1.12 bits per heavy atom. The standard InChI is InChI=1S/C19H23N3O4/c1-12(2)14-5-7-15(8-6-14)20-13(3)19(23)21-17-10-9-16(22(24)25)11-18(17)26-4/h5-13,20H,1-4H3,(H,21,23)/t13-/m1/s1. The van der Waals surface area contributed by atoms with E-state index in [1.165, 1.54) is 30.9 Å². The Morgan fingerprint density at radius 3 is 2.31 bits per heavy atom. The molecule has 1 atom stereocenters. The summed E-state index contributed by atoms with van der Waals surface area (Å²) in [5.41, 5.74) is 2.35. The van der Waals surface area contributed by atoms with E-state index in [0.29, 0.717) is 11.6 Å². The first kappa shape index (κ1) is 19.2. The third-order valence-electron chi connectivity index (χ3n) is 4.01. The Kier molecular flexibility index (Phi) is 6.16. The first-order valence-corrected chi connectivity index (χ1v) is 8.31. The number of anilines is 2. The van der Waals surface area contributed by atoms with E-state index < -0.39 is 11.0 Å². The van der Waals surface area contributed by atoms with Crippen LogP contribution >= 0.6 is 0 Å². The van der Waals surface area contributed by atoms with Gasteiger partial charge in [-0.2, -0.15) is 0 Å². The summed E-state index contributed by atoms with van der Waals surface area (Å²) >= 11 is 0. The highest BCUT2D eigenvalue weighted by atomic mass is 16.6. The van der Waals surface area contributed by atoms with Gasteiger partial charge in [0.2, 0.25) is 5.91 Å². The number of ether oxygens (including phenoxy) is 1. The number of rotatable bonds is 7. The van der Waals surface area contributed by atoms with Crippen molar-refractivity contribution < 1.29 is 14.5 Å². The van der Waals surface area contributed by atoms with Gasteiger partial charge in [-0.1, -0.05) is 26.0 Å². The quantitative estimate of drug-likeness (QED) is 0.573. The van der Waals surface area contributed by atoms with Crippen LogP contribution in [0.5, 0.6) is 5.75 Å². The number of nitro groups is 1. The maximum Gasteiger partial charge on any atom is 0.273 e. The lowest BCUT2D eigenvalue weighted by atomic mass is 10.0. The zero-order valence-corrected chi connectivity index (χ0v) is 15.3. The van der Waals surface area contributed by atoms with E-state index >= 15 is 0 Å². The van der Waals surface area contributed by atoms with Crippen molar-refractivity contribution in [1.82, 2.24) is 0 Å². The van der Waals surface area contributed by atoms with Crippen LogP contribution in [0.1, 0.15) is 32.3 Å². The Labute approximate surface area is 152 Å². The van der Waals surface area contributed by atoms with Crippen LogP contribution in [0.4, 0.5) is 17.1 Å². The summed E-state index contributed by atoms with van der Waals surface area (Å²) in [4.78, 5) is 22.7. The molecule has 0 saturated heterocycles. The summed E-state index contributed by atoms with van der Waals surface area (Å²) in [6, 6.07) is 11.5. The average Bonchev–Trinajstić information content (AvgIpc) is 2.62. The van der Waals surface area contributed by atoms with Crippen LogP contribution in [-0.2, 0) is 4.79 Å². The van der Waals surface area contributed by atoms with Crippen LogP contribution in [-0.4, -0.2) is 24.0 Å². The first-order valence-electron chi connectivity index (χ1n) is 8.31. The maximum absolute atomic E-state index is 12.4. The van der Waals surface area contributed by atoms with Gasteiger partial charge in [0.15, 0.2) is 0 Å². The molecule has 0 fully saturated rings. The molecule has 0 heterocycles. The topological polar surface area (TPSA) is 93.5 Å². The maximum atomic E-state index is 12.4. The minimum absolute atomic E-state index is 0.101. The van der Waals surface area contributed by atoms with Gasteiger partial charge >= 0.3 is 0 Å². The molecule has 0 aliphatic carbocycles. The van der Waals surface area contributed by atoms with Crippen LogP contribution in [0.25, 0.3) is 0 Å². The van der Waals surface area contributed by atoms with Crippen molar-refractivity contribution in [3.8, 4) is 5.75 Å². The minimum Gasteiger partial charge on any atom is -0.494 e. The third-order valence-corrected chi connectivity index (χ3v) is 4.01. The summed E-state index contributed by atoms with van der Waals surface area (Å²) in [5.74, 6) is 0.408. The van der Waals surface area contributed by atoms with Gasteiger partial charge in [0.1, 0.15) is 11.8 Å². The van der Waals surface area contributed by atoms with Gasteiger partial charge in [0.25, 0.3) is 5.69 Å². The van der Waals surface area contributed by atoms with E-state index in [4.69, 9.17) is 4.74 Å². The molecule has 2 N–H and O–H groups in total. The van der Waals surface area contributed by atoms with Crippen molar-refractivity contribution in [2.24, 2.45) is 0 Å². The summed E-state index contributed by atoms with van der Waals surface area (Å²) in [7, 11) is 1.40. The van der Waals surface area contributed by atoms with Crippen molar-refractivity contribution in [2.45, 2.75) is 32.7 Å². The zero-order chi connectivity index (χ0) is 19.3. The Hall–Kier alpha value is -3.09. The zero-order valence-electron chi connectivity index (χ0n) is 15.3. The van der Waals surface area contributed by atoms with Crippen molar-refractivity contribution in [3.05, 3.63) is 58.1 Å². The number of nitro benzene ring substituents is 1. The van der Waals surface area contributed by atoms with Crippen molar-refractivity contribution in [2.75, 3.05) is 17.7 Å². The normalized spacial score (nSPS) is 11.7. The highest BCUT2D eigenvalue weighted by Crippen LogP contribution is 2.29. The lowest BCUT2D eigenvalue weighted by Gasteiger charge is -2.17. The Bertz CT molecular complexity index is 788. The summed E-state index contributed by atoms with van der Waals surface area (Å²) < 4.78 is 5.13. The van der Waals surface area contributed by atoms with Gasteiger partial charge < -0.3 is 15.4 Å². The number of amides is 1. The monoisotopic (exact) mass is 357 g/mol. The number of hydrogen-bond donors (Lipinski definition) is 2. The van der Waals surface area contributed by atoms with E-state index in [9.17, 15) is 14.9 Å². The molecular weight excluding hydrogens is 334 g/mol. The van der Waals surface area contributed by atoms with Crippen LogP contribution in [0.15, 0.2) is 42.5 Å². The lowest BCUT2D eigenvalue weighted by molar-refractivity contribution is -0.384. The smallest absolute Gasteiger partial charge is 0.273 e. The second kappa shape index (κ2) is 8.33. The van der Waals surface area contributed by atoms with Gasteiger partial charge in [-0.25, -0.2) is 0 Å². The predicted octanol–water partition coefficient (Wildman–Crippen LogP) is 4.17. The molecule has 2 aromatic rings. The molecule has 2 aromatic carbocycles. The molecule has 0 saturated carbocycles. The second-order valence-electron chi connectivity index (χ2n) is 6.27. The molecule has 0 spiro atoms. The molecule has 7 heteroatoms. The number of nitrogens with zero attached hydrogens (tertiary/aromatic N) is 1. The van der Waals surface area contributed by atoms with E-state index in [0.717, 1.165) is 5.69 Å². The van der Waals surface area contributed by atoms with E-state index in [1.807, 2.05) is 24.3 Å². The molecule has 2 rings (SSSR count). The second-order valence-corrected chi connectivity index (χ2v) is 6.27. The van der Waals surface area contributed by atoms with Crippen LogP contribution in [0.3, 0.4) is 0 Å². The first-order chi connectivity index (χ1) is 12.3.